The average Bonchev–Trinajstić information content (AvgIpc) is 2.91. The van der Waals surface area contributed by atoms with E-state index in [4.69, 9.17) is 10.3 Å². The third-order valence-corrected chi connectivity index (χ3v) is 5.62. The van der Waals surface area contributed by atoms with Gasteiger partial charge in [-0.15, -0.1) is 23.1 Å². The number of nitrogens with two attached hydrogens (primary N) is 1. The molecule has 1 saturated heterocycles. The summed E-state index contributed by atoms with van der Waals surface area (Å²) in [6.07, 6.45) is 1.53. The first-order chi connectivity index (χ1) is 11.2. The molecule has 2 amide bonds. The van der Waals surface area contributed by atoms with E-state index < -0.39 is 33.5 Å². The molecule has 0 radical (unpaired) electrons. The van der Waals surface area contributed by atoms with E-state index in [1.807, 2.05) is 0 Å². The van der Waals surface area contributed by atoms with Crippen molar-refractivity contribution < 1.29 is 27.4 Å². The normalized spacial score (nSPS) is 21.4. The van der Waals surface area contributed by atoms with Gasteiger partial charge in [-0.3, -0.25) is 14.1 Å². The maximum absolute atomic E-state index is 12.3. The summed E-state index contributed by atoms with van der Waals surface area (Å²) in [4.78, 5) is 32.7. The molecule has 2 rings (SSSR count). The molecule has 1 aromatic heterocycles. The van der Waals surface area contributed by atoms with Gasteiger partial charge in [-0.05, 0) is 6.26 Å². The summed E-state index contributed by atoms with van der Waals surface area (Å²) in [5, 5.41) is 6.62. The summed E-state index contributed by atoms with van der Waals surface area (Å²) in [5.74, 6) is -1.76. The fraction of sp³-hybridized carbons (Fsp3) is 0.400. The van der Waals surface area contributed by atoms with Crippen LogP contribution in [-0.2, 0) is 24.7 Å². The summed E-state index contributed by atoms with van der Waals surface area (Å²) < 4.78 is 31.6. The summed E-state index contributed by atoms with van der Waals surface area (Å²) in [6.45, 7) is 0. The molecular weight excluding hydrogens is 382 g/mol. The van der Waals surface area contributed by atoms with Crippen molar-refractivity contribution in [2.45, 2.75) is 11.4 Å². The van der Waals surface area contributed by atoms with Crippen molar-refractivity contribution in [2.24, 2.45) is 5.16 Å². The highest BCUT2D eigenvalue weighted by molar-refractivity contribution is 8.00. The predicted molar refractivity (Wildman–Crippen MR) is 87.7 cm³/mol. The van der Waals surface area contributed by atoms with Gasteiger partial charge in [-0.2, -0.15) is 12.7 Å². The van der Waals surface area contributed by atoms with E-state index in [-0.39, 0.29) is 20.8 Å². The van der Waals surface area contributed by atoms with Gasteiger partial charge in [0.05, 0.1) is 0 Å². The van der Waals surface area contributed by atoms with Crippen molar-refractivity contribution in [3.05, 3.63) is 11.1 Å². The van der Waals surface area contributed by atoms with Gasteiger partial charge in [0.25, 0.3) is 11.8 Å². The summed E-state index contributed by atoms with van der Waals surface area (Å²) in [6, 6.07) is -1.15. The monoisotopic (exact) mass is 395 g/mol. The minimum absolute atomic E-state index is 0.149. The van der Waals surface area contributed by atoms with E-state index in [2.05, 4.69) is 20.3 Å². The molecule has 11 nitrogen and oxygen atoms in total. The third-order valence-electron chi connectivity index (χ3n) is 2.94. The quantitative estimate of drug-likeness (QED) is 0.234. The Bertz CT molecular complexity index is 791. The topological polar surface area (TPSA) is 164 Å². The van der Waals surface area contributed by atoms with Gasteiger partial charge >= 0.3 is 10.3 Å². The summed E-state index contributed by atoms with van der Waals surface area (Å²) >= 11 is 2.05. The fourth-order valence-electron chi connectivity index (χ4n) is 1.95. The number of hydrogen-bond acceptors (Lipinski definition) is 10. The Morgan fingerprint density at radius 3 is 2.75 bits per heavy atom. The van der Waals surface area contributed by atoms with Crippen LogP contribution >= 0.6 is 23.1 Å². The molecule has 0 aliphatic carbocycles. The van der Waals surface area contributed by atoms with Crippen molar-refractivity contribution in [1.82, 2.24) is 14.6 Å². The second-order valence-corrected chi connectivity index (χ2v) is 7.52. The molecule has 132 valence electrons. The predicted octanol–water partition coefficient (Wildman–Crippen LogP) is -1.11. The Morgan fingerprint density at radius 1 is 1.62 bits per heavy atom. The van der Waals surface area contributed by atoms with Gasteiger partial charge in [0.2, 0.25) is 0 Å². The minimum atomic E-state index is -4.70. The van der Waals surface area contributed by atoms with Gasteiger partial charge in [-0.1, -0.05) is 5.16 Å². The Morgan fingerprint density at radius 2 is 2.29 bits per heavy atom. The zero-order valence-corrected chi connectivity index (χ0v) is 14.8. The smallest absolute Gasteiger partial charge is 0.363 e. The molecule has 0 spiro atoms. The van der Waals surface area contributed by atoms with E-state index in [0.29, 0.717) is 0 Å². The number of thiazole rings is 1. The summed E-state index contributed by atoms with van der Waals surface area (Å²) in [7, 11) is -3.47. The van der Waals surface area contributed by atoms with Gasteiger partial charge in [0, 0.05) is 5.38 Å². The molecule has 0 bridgehead atoms. The zero-order valence-electron chi connectivity index (χ0n) is 12.4. The number of hydrogen-bond donors (Lipinski definition) is 3. The van der Waals surface area contributed by atoms with Crippen molar-refractivity contribution in [3.63, 3.8) is 0 Å². The van der Waals surface area contributed by atoms with Crippen LogP contribution in [0, 0.1) is 0 Å². The van der Waals surface area contributed by atoms with Crippen molar-refractivity contribution in [3.8, 4) is 0 Å². The van der Waals surface area contributed by atoms with E-state index >= 15 is 0 Å². The van der Waals surface area contributed by atoms with E-state index in [1.54, 1.807) is 0 Å². The number of aromatic nitrogens is 1. The minimum Gasteiger partial charge on any atom is -0.398 e. The number of carbonyl (C=O) groups excluding carboxylic acids is 2. The molecule has 24 heavy (non-hydrogen) atoms. The Labute approximate surface area is 145 Å². The molecule has 0 unspecified atom stereocenters. The highest BCUT2D eigenvalue weighted by Gasteiger charge is 2.54. The number of thioether (sulfide) groups is 1. The number of carbonyl (C=O) groups is 2. The Hall–Kier alpha value is -1.90. The number of nitrogens with one attached hydrogen (secondary N) is 1. The first kappa shape index (κ1) is 18.4. The number of oxime groups is 1. The number of β-lactam (4-membered cyclic amide) rings is 1. The lowest BCUT2D eigenvalue weighted by atomic mass is 10.1. The molecule has 1 aromatic rings. The van der Waals surface area contributed by atoms with Crippen molar-refractivity contribution >= 4 is 56.1 Å². The second-order valence-electron chi connectivity index (χ2n) is 4.38. The molecule has 4 N–H and O–H groups in total. The van der Waals surface area contributed by atoms with Gasteiger partial charge < -0.3 is 15.9 Å². The lowest BCUT2D eigenvalue weighted by molar-refractivity contribution is -0.140. The molecule has 14 heteroatoms. The average molecular weight is 395 g/mol. The molecule has 1 aliphatic heterocycles. The molecule has 0 saturated carbocycles. The van der Waals surface area contributed by atoms with Crippen LogP contribution in [-0.4, -0.2) is 64.6 Å². The molecular formula is C10H13N5O6S3. The maximum atomic E-state index is 12.3. The van der Waals surface area contributed by atoms with Crippen LogP contribution in [0.4, 0.5) is 5.13 Å². The van der Waals surface area contributed by atoms with Crippen molar-refractivity contribution in [1.29, 1.82) is 0 Å². The van der Waals surface area contributed by atoms with Crippen LogP contribution in [0.5, 0.6) is 0 Å². The standard InChI is InChI=1S/C10H13N5O6S3/c1-21-14-5(4-3-23-10(11)12-4)7(16)13-6-8(17)15(9(6)22-2)24(18,19)20/h3,6,9H,1-2H3,(H2,11,12)(H,13,16)(H,18,19,20)/b14-5-/t6-,9+/m1/s1. The molecule has 1 fully saturated rings. The lowest BCUT2D eigenvalue weighted by Crippen LogP contribution is -2.71. The second kappa shape index (κ2) is 6.92. The SMILES string of the molecule is CO/N=C(\C(=O)N[C@@H]1C(=O)N(S(=O)(=O)O)[C@H]1SC)c1csc(N)n1. The fourth-order valence-corrected chi connectivity index (χ4v) is 4.56. The maximum Gasteiger partial charge on any atom is 0.363 e. The Balaban J connectivity index is 2.19. The Kier molecular flexibility index (Phi) is 5.32. The van der Waals surface area contributed by atoms with Gasteiger partial charge in [-0.25, -0.2) is 4.98 Å². The van der Waals surface area contributed by atoms with Crippen LogP contribution in [0.25, 0.3) is 0 Å². The van der Waals surface area contributed by atoms with E-state index in [1.165, 1.54) is 18.7 Å². The van der Waals surface area contributed by atoms with Crippen LogP contribution in [0.2, 0.25) is 0 Å². The van der Waals surface area contributed by atoms with Crippen LogP contribution in [0.3, 0.4) is 0 Å². The molecule has 0 aromatic carbocycles. The number of nitrogen functional groups attached to an aromatic ring is 1. The third kappa shape index (κ3) is 3.45. The number of amides is 2. The number of nitrogens with zero attached hydrogens (tertiary/aromatic N) is 3. The largest absolute Gasteiger partial charge is 0.398 e. The van der Waals surface area contributed by atoms with Gasteiger partial charge in [0.1, 0.15) is 24.2 Å². The zero-order chi connectivity index (χ0) is 18.1. The number of anilines is 1. The van der Waals surface area contributed by atoms with E-state index in [0.717, 1.165) is 23.1 Å². The molecule has 1 aliphatic rings. The summed E-state index contributed by atoms with van der Waals surface area (Å²) in [5.41, 5.74) is 5.43. The van der Waals surface area contributed by atoms with Crippen molar-refractivity contribution in [2.75, 3.05) is 19.1 Å². The number of rotatable bonds is 6. The molecule has 2 heterocycles. The highest BCUT2D eigenvalue weighted by atomic mass is 32.2. The lowest BCUT2D eigenvalue weighted by Gasteiger charge is -2.42. The van der Waals surface area contributed by atoms with Crippen LogP contribution < -0.4 is 11.1 Å². The van der Waals surface area contributed by atoms with E-state index in [9.17, 15) is 18.0 Å². The first-order valence-electron chi connectivity index (χ1n) is 6.17. The van der Waals surface area contributed by atoms with Gasteiger partial charge in [0.15, 0.2) is 10.8 Å². The van der Waals surface area contributed by atoms with Crippen LogP contribution in [0.15, 0.2) is 10.5 Å². The van der Waals surface area contributed by atoms with Crippen LogP contribution in [0.1, 0.15) is 5.69 Å². The molecule has 2 atom stereocenters. The highest BCUT2D eigenvalue weighted by Crippen LogP contribution is 2.30. The first-order valence-corrected chi connectivity index (χ1v) is 9.74.